The van der Waals surface area contributed by atoms with E-state index in [9.17, 15) is 18.0 Å². The van der Waals surface area contributed by atoms with Gasteiger partial charge in [0.25, 0.3) is 0 Å². The van der Waals surface area contributed by atoms with Crippen molar-refractivity contribution in [1.29, 1.82) is 0 Å². The maximum atomic E-state index is 13.4. The summed E-state index contributed by atoms with van der Waals surface area (Å²) in [6.45, 7) is 0.151. The van der Waals surface area contributed by atoms with Crippen LogP contribution in [0.3, 0.4) is 0 Å². The van der Waals surface area contributed by atoms with Crippen molar-refractivity contribution in [3.05, 3.63) is 90.0 Å². The standard InChI is InChI=1S/C24H24F3N3O3/c25-24(26,27)20-10-6-9-19(16-20)23(29-33-14-5-4-11-22(31)32)21(30-13-12-28-17-30)15-18-7-2-1-3-8-18/h1-3,6-10,12-13,16-17,21H,4-5,11,14-15H2,(H,31,32)/b29-23+. The lowest BCUT2D eigenvalue weighted by atomic mass is 9.95. The molecule has 0 amide bonds. The highest BCUT2D eigenvalue weighted by Crippen LogP contribution is 2.31. The van der Waals surface area contributed by atoms with Crippen LogP contribution in [0.15, 0.2) is 78.5 Å². The van der Waals surface area contributed by atoms with Crippen LogP contribution in [0.2, 0.25) is 0 Å². The normalized spacial score (nSPS) is 13.0. The number of halogens is 3. The summed E-state index contributed by atoms with van der Waals surface area (Å²) in [4.78, 5) is 20.2. The predicted molar refractivity (Wildman–Crippen MR) is 117 cm³/mol. The number of oxime groups is 1. The van der Waals surface area contributed by atoms with Crippen molar-refractivity contribution in [1.82, 2.24) is 9.55 Å². The van der Waals surface area contributed by atoms with E-state index in [0.29, 0.717) is 25.0 Å². The molecule has 0 aliphatic heterocycles. The number of rotatable bonds is 11. The summed E-state index contributed by atoms with van der Waals surface area (Å²) in [5, 5.41) is 13.0. The molecule has 0 spiro atoms. The molecule has 0 aliphatic rings. The first kappa shape index (κ1) is 24.0. The molecule has 0 radical (unpaired) electrons. The fourth-order valence-corrected chi connectivity index (χ4v) is 3.35. The number of carbonyl (C=O) groups is 1. The number of imidazole rings is 1. The van der Waals surface area contributed by atoms with E-state index < -0.39 is 23.8 Å². The molecule has 1 aromatic heterocycles. The Morgan fingerprint density at radius 2 is 1.91 bits per heavy atom. The number of carboxylic acids is 1. The van der Waals surface area contributed by atoms with Crippen LogP contribution in [0.25, 0.3) is 0 Å². The van der Waals surface area contributed by atoms with E-state index in [1.54, 1.807) is 29.4 Å². The van der Waals surface area contributed by atoms with Gasteiger partial charge in [-0.25, -0.2) is 4.98 Å². The third-order valence-corrected chi connectivity index (χ3v) is 5.00. The van der Waals surface area contributed by atoms with E-state index in [-0.39, 0.29) is 18.6 Å². The minimum atomic E-state index is -4.50. The van der Waals surface area contributed by atoms with E-state index in [0.717, 1.165) is 17.7 Å². The van der Waals surface area contributed by atoms with Crippen molar-refractivity contribution in [2.75, 3.05) is 6.61 Å². The zero-order chi connectivity index (χ0) is 23.7. The first-order valence-corrected chi connectivity index (χ1v) is 10.4. The number of hydrogen-bond acceptors (Lipinski definition) is 4. The third kappa shape index (κ3) is 7.20. The van der Waals surface area contributed by atoms with Gasteiger partial charge >= 0.3 is 12.1 Å². The summed E-state index contributed by atoms with van der Waals surface area (Å²) in [6, 6.07) is 14.0. The van der Waals surface area contributed by atoms with Crippen LogP contribution in [-0.4, -0.2) is 32.9 Å². The van der Waals surface area contributed by atoms with Crippen molar-refractivity contribution in [2.24, 2.45) is 5.16 Å². The summed E-state index contributed by atoms with van der Waals surface area (Å²) in [6.07, 6.45) is 1.75. The molecule has 6 nitrogen and oxygen atoms in total. The van der Waals surface area contributed by atoms with Crippen molar-refractivity contribution in [3.63, 3.8) is 0 Å². The van der Waals surface area contributed by atoms with E-state index >= 15 is 0 Å². The molecule has 1 atom stereocenters. The van der Waals surface area contributed by atoms with Crippen molar-refractivity contribution in [2.45, 2.75) is 37.9 Å². The molecule has 0 aliphatic carbocycles. The molecule has 1 unspecified atom stereocenters. The molecule has 9 heteroatoms. The van der Waals surface area contributed by atoms with Crippen molar-refractivity contribution >= 4 is 11.7 Å². The number of unbranched alkanes of at least 4 members (excludes halogenated alkanes) is 1. The van der Waals surface area contributed by atoms with Gasteiger partial charge in [0.15, 0.2) is 0 Å². The Morgan fingerprint density at radius 3 is 2.58 bits per heavy atom. The Morgan fingerprint density at radius 1 is 1.12 bits per heavy atom. The highest BCUT2D eigenvalue weighted by Gasteiger charge is 2.31. The van der Waals surface area contributed by atoms with Gasteiger partial charge in [0, 0.05) is 24.4 Å². The van der Waals surface area contributed by atoms with Gasteiger partial charge in [-0.3, -0.25) is 4.79 Å². The Hall–Kier alpha value is -3.62. The summed E-state index contributed by atoms with van der Waals surface area (Å²) >= 11 is 0. The molecule has 0 bridgehead atoms. The number of aliphatic carboxylic acids is 1. The zero-order valence-electron chi connectivity index (χ0n) is 17.8. The molecule has 2 aromatic carbocycles. The summed E-state index contributed by atoms with van der Waals surface area (Å²) in [5.41, 5.74) is 0.793. The monoisotopic (exact) mass is 459 g/mol. The predicted octanol–water partition coefficient (Wildman–Crippen LogP) is 5.36. The van der Waals surface area contributed by atoms with Crippen LogP contribution in [0.1, 0.15) is 42.0 Å². The highest BCUT2D eigenvalue weighted by molar-refractivity contribution is 6.03. The van der Waals surface area contributed by atoms with Crippen LogP contribution in [0, 0.1) is 0 Å². The lowest BCUT2D eigenvalue weighted by molar-refractivity contribution is -0.138. The second-order valence-corrected chi connectivity index (χ2v) is 7.45. The topological polar surface area (TPSA) is 76.7 Å². The van der Waals surface area contributed by atoms with Crippen LogP contribution < -0.4 is 0 Å². The third-order valence-electron chi connectivity index (χ3n) is 5.00. The zero-order valence-corrected chi connectivity index (χ0v) is 17.8. The van der Waals surface area contributed by atoms with E-state index in [1.165, 1.54) is 6.07 Å². The molecule has 3 rings (SSSR count). The molecular weight excluding hydrogens is 435 g/mol. The molecule has 3 aromatic rings. The Labute approximate surface area is 189 Å². The summed E-state index contributed by atoms with van der Waals surface area (Å²) < 4.78 is 41.9. The Balaban J connectivity index is 1.94. The molecule has 0 saturated carbocycles. The van der Waals surface area contributed by atoms with Crippen molar-refractivity contribution in [3.8, 4) is 0 Å². The molecule has 0 saturated heterocycles. The van der Waals surface area contributed by atoms with Gasteiger partial charge in [-0.05, 0) is 37.0 Å². The van der Waals surface area contributed by atoms with E-state index in [1.807, 2.05) is 30.3 Å². The van der Waals surface area contributed by atoms with E-state index in [4.69, 9.17) is 9.94 Å². The van der Waals surface area contributed by atoms with Gasteiger partial charge in [-0.2, -0.15) is 13.2 Å². The van der Waals surface area contributed by atoms with E-state index in [2.05, 4.69) is 10.1 Å². The van der Waals surface area contributed by atoms with Gasteiger partial charge in [0.05, 0.1) is 17.9 Å². The second-order valence-electron chi connectivity index (χ2n) is 7.45. The van der Waals surface area contributed by atoms with Gasteiger partial charge < -0.3 is 14.5 Å². The van der Waals surface area contributed by atoms with Gasteiger partial charge in [-0.1, -0.05) is 47.6 Å². The van der Waals surface area contributed by atoms with Gasteiger partial charge in [-0.15, -0.1) is 0 Å². The Kier molecular flexibility index (Phi) is 8.23. The van der Waals surface area contributed by atoms with Crippen LogP contribution >= 0.6 is 0 Å². The largest absolute Gasteiger partial charge is 0.481 e. The first-order chi connectivity index (χ1) is 15.8. The van der Waals surface area contributed by atoms with Gasteiger partial charge in [0.2, 0.25) is 0 Å². The lowest BCUT2D eigenvalue weighted by Gasteiger charge is -2.22. The molecule has 174 valence electrons. The molecule has 1 heterocycles. The fourth-order valence-electron chi connectivity index (χ4n) is 3.35. The number of carboxylic acid groups (broad SMARTS) is 1. The molecular formula is C24H24F3N3O3. The SMILES string of the molecule is O=C(O)CCCCO/N=C(\c1cccc(C(F)(F)F)c1)C(Cc1ccccc1)n1ccnc1. The maximum absolute atomic E-state index is 13.4. The van der Waals surface area contributed by atoms with Crippen LogP contribution in [-0.2, 0) is 22.2 Å². The average molecular weight is 459 g/mol. The molecule has 1 N–H and O–H groups in total. The van der Waals surface area contributed by atoms with Crippen LogP contribution in [0.4, 0.5) is 13.2 Å². The quantitative estimate of drug-likeness (QED) is 0.238. The number of aromatic nitrogens is 2. The number of benzene rings is 2. The summed E-state index contributed by atoms with van der Waals surface area (Å²) in [5.74, 6) is -0.897. The first-order valence-electron chi connectivity index (χ1n) is 10.4. The van der Waals surface area contributed by atoms with Crippen molar-refractivity contribution < 1.29 is 27.9 Å². The average Bonchev–Trinajstić information content (AvgIpc) is 3.32. The smallest absolute Gasteiger partial charge is 0.416 e. The number of alkyl halides is 3. The summed E-state index contributed by atoms with van der Waals surface area (Å²) in [7, 11) is 0. The minimum Gasteiger partial charge on any atom is -0.481 e. The number of nitrogens with zero attached hydrogens (tertiary/aromatic N) is 3. The highest BCUT2D eigenvalue weighted by atomic mass is 19.4. The van der Waals surface area contributed by atoms with Crippen LogP contribution in [0.5, 0.6) is 0 Å². The van der Waals surface area contributed by atoms with Gasteiger partial charge in [0.1, 0.15) is 12.3 Å². The second kappa shape index (κ2) is 11.3. The number of hydrogen-bond donors (Lipinski definition) is 1. The maximum Gasteiger partial charge on any atom is 0.416 e. The Bertz CT molecular complexity index is 1050. The molecule has 33 heavy (non-hydrogen) atoms. The molecule has 0 fully saturated rings. The minimum absolute atomic E-state index is 0.0131. The lowest BCUT2D eigenvalue weighted by Crippen LogP contribution is -2.23. The fraction of sp³-hybridized carbons (Fsp3) is 0.292.